The van der Waals surface area contributed by atoms with Crippen molar-refractivity contribution in [2.75, 3.05) is 20.8 Å². The van der Waals surface area contributed by atoms with Crippen LogP contribution in [0, 0.1) is 0 Å². The first kappa shape index (κ1) is 20.7. The number of methoxy groups -OCH3 is 2. The van der Waals surface area contributed by atoms with Gasteiger partial charge in [0.2, 0.25) is 17.7 Å². The first-order chi connectivity index (χ1) is 14.1. The summed E-state index contributed by atoms with van der Waals surface area (Å²) < 4.78 is 27.6. The van der Waals surface area contributed by atoms with Gasteiger partial charge in [0.1, 0.15) is 11.4 Å². The Morgan fingerprint density at radius 3 is 2.38 bits per heavy atom. The molecule has 154 valence electrons. The van der Waals surface area contributed by atoms with Crippen molar-refractivity contribution in [2.24, 2.45) is 0 Å². The summed E-state index contributed by atoms with van der Waals surface area (Å²) in [6.07, 6.45) is 1.62. The van der Waals surface area contributed by atoms with Crippen LogP contribution in [0.15, 0.2) is 28.7 Å². The molecule has 3 aromatic rings. The minimum atomic E-state index is 0.0371. The maximum atomic E-state index is 6.45. The van der Waals surface area contributed by atoms with E-state index in [1.807, 2.05) is 6.92 Å². The Hall–Kier alpha value is -3.00. The molecule has 8 nitrogen and oxygen atoms in total. The third-order valence-corrected chi connectivity index (χ3v) is 4.21. The van der Waals surface area contributed by atoms with Gasteiger partial charge in [0.15, 0.2) is 0 Å². The second-order valence-corrected chi connectivity index (χ2v) is 6.29. The Labute approximate surface area is 173 Å². The predicted molar refractivity (Wildman–Crippen MR) is 107 cm³/mol. The van der Waals surface area contributed by atoms with Crippen molar-refractivity contribution < 1.29 is 23.4 Å². The van der Waals surface area contributed by atoms with Crippen LogP contribution in [0.2, 0.25) is 5.02 Å². The number of oxazole rings is 1. The van der Waals surface area contributed by atoms with Gasteiger partial charge in [-0.15, -0.1) is 0 Å². The highest BCUT2D eigenvalue weighted by Crippen LogP contribution is 2.40. The summed E-state index contributed by atoms with van der Waals surface area (Å²) in [4.78, 5) is 12.9. The van der Waals surface area contributed by atoms with Gasteiger partial charge in [-0.25, -0.2) is 4.98 Å². The summed E-state index contributed by atoms with van der Waals surface area (Å²) >= 11 is 6.45. The fraction of sp³-hybridized carbons (Fsp3) is 0.350. The molecular formula is C20H22ClN3O5. The van der Waals surface area contributed by atoms with Crippen molar-refractivity contribution in [3.8, 4) is 40.9 Å². The van der Waals surface area contributed by atoms with E-state index in [4.69, 9.17) is 35.0 Å². The van der Waals surface area contributed by atoms with Crippen LogP contribution in [-0.4, -0.2) is 35.8 Å². The number of rotatable bonds is 9. The highest BCUT2D eigenvalue weighted by Gasteiger charge is 2.22. The molecule has 0 fully saturated rings. The zero-order valence-electron chi connectivity index (χ0n) is 16.7. The molecule has 2 heterocycles. The molecule has 9 heteroatoms. The number of hydrogen-bond donors (Lipinski definition) is 0. The largest absolute Gasteiger partial charge is 0.481 e. The zero-order chi connectivity index (χ0) is 20.8. The number of halogens is 1. The molecule has 2 aromatic heterocycles. The number of ether oxygens (including phenoxy) is 4. The van der Waals surface area contributed by atoms with Crippen LogP contribution in [0.1, 0.15) is 26.0 Å². The molecule has 0 atom stereocenters. The van der Waals surface area contributed by atoms with E-state index in [1.165, 1.54) is 14.2 Å². The molecule has 0 aliphatic carbocycles. The van der Waals surface area contributed by atoms with Gasteiger partial charge < -0.3 is 23.4 Å². The molecule has 29 heavy (non-hydrogen) atoms. The third kappa shape index (κ3) is 4.71. The standard InChI is InChI=1S/C20H22ClN3O5/c1-5-8-13-19(27-6-2)29-18(22-13)17-12(21)9-7-10-14(17)28-20-23-15(25-3)11-16(24-20)26-4/h7,9-11H,5-6,8H2,1-4H3. The number of nitrogens with zero attached hydrogens (tertiary/aromatic N) is 3. The van der Waals surface area contributed by atoms with E-state index in [0.717, 1.165) is 18.5 Å². The quantitative estimate of drug-likeness (QED) is 0.481. The van der Waals surface area contributed by atoms with Crippen LogP contribution < -0.4 is 18.9 Å². The van der Waals surface area contributed by atoms with Gasteiger partial charge in [-0.05, 0) is 25.5 Å². The topological polar surface area (TPSA) is 88.7 Å². The fourth-order valence-corrected chi connectivity index (χ4v) is 2.86. The van der Waals surface area contributed by atoms with Gasteiger partial charge in [0.05, 0.1) is 37.5 Å². The molecule has 0 radical (unpaired) electrons. The highest BCUT2D eigenvalue weighted by atomic mass is 35.5. The SMILES string of the molecule is CCCc1nc(-c2c(Cl)cccc2Oc2nc(OC)cc(OC)n2)oc1OCC. The van der Waals surface area contributed by atoms with Gasteiger partial charge in [0, 0.05) is 0 Å². The van der Waals surface area contributed by atoms with Crippen LogP contribution in [-0.2, 0) is 6.42 Å². The van der Waals surface area contributed by atoms with Crippen LogP contribution in [0.3, 0.4) is 0 Å². The van der Waals surface area contributed by atoms with Crippen molar-refractivity contribution in [1.29, 1.82) is 0 Å². The highest BCUT2D eigenvalue weighted by molar-refractivity contribution is 6.33. The number of aromatic nitrogens is 3. The van der Waals surface area contributed by atoms with Crippen molar-refractivity contribution in [2.45, 2.75) is 26.7 Å². The van der Waals surface area contributed by atoms with Crippen molar-refractivity contribution >= 4 is 11.6 Å². The van der Waals surface area contributed by atoms with Gasteiger partial charge in [0.25, 0.3) is 0 Å². The minimum Gasteiger partial charge on any atom is -0.481 e. The van der Waals surface area contributed by atoms with E-state index in [0.29, 0.717) is 46.5 Å². The van der Waals surface area contributed by atoms with Crippen LogP contribution in [0.25, 0.3) is 11.5 Å². The predicted octanol–water partition coefficient (Wildman–Crippen LogP) is 4.95. The smallest absolute Gasteiger partial charge is 0.328 e. The summed E-state index contributed by atoms with van der Waals surface area (Å²) in [5.74, 6) is 1.66. The Morgan fingerprint density at radius 2 is 1.76 bits per heavy atom. The Kier molecular flexibility index (Phi) is 6.77. The molecule has 0 N–H and O–H groups in total. The molecule has 0 saturated heterocycles. The fourth-order valence-electron chi connectivity index (χ4n) is 2.62. The van der Waals surface area contributed by atoms with Crippen molar-refractivity contribution in [1.82, 2.24) is 15.0 Å². The lowest BCUT2D eigenvalue weighted by molar-refractivity contribution is 0.257. The normalized spacial score (nSPS) is 10.7. The zero-order valence-corrected chi connectivity index (χ0v) is 17.4. The summed E-state index contributed by atoms with van der Waals surface area (Å²) in [5, 5.41) is 0.407. The molecule has 1 aromatic carbocycles. The lowest BCUT2D eigenvalue weighted by Gasteiger charge is -2.10. The average molecular weight is 420 g/mol. The van der Waals surface area contributed by atoms with Crippen LogP contribution in [0.5, 0.6) is 29.5 Å². The van der Waals surface area contributed by atoms with E-state index < -0.39 is 0 Å². The monoisotopic (exact) mass is 419 g/mol. The number of aryl methyl sites for hydroxylation is 1. The van der Waals surface area contributed by atoms with E-state index in [9.17, 15) is 0 Å². The lowest BCUT2D eigenvalue weighted by atomic mass is 10.2. The summed E-state index contributed by atoms with van der Waals surface area (Å²) in [7, 11) is 2.99. The van der Waals surface area contributed by atoms with E-state index in [1.54, 1.807) is 24.3 Å². The van der Waals surface area contributed by atoms with Crippen LogP contribution >= 0.6 is 11.6 Å². The average Bonchev–Trinajstić information content (AvgIpc) is 3.10. The van der Waals surface area contributed by atoms with Crippen molar-refractivity contribution in [3.05, 3.63) is 35.0 Å². The molecule has 0 saturated carbocycles. The molecule has 0 spiro atoms. The van der Waals surface area contributed by atoms with Gasteiger partial charge in [-0.3, -0.25) is 0 Å². The minimum absolute atomic E-state index is 0.0371. The van der Waals surface area contributed by atoms with Gasteiger partial charge in [-0.2, -0.15) is 9.97 Å². The maximum Gasteiger partial charge on any atom is 0.328 e. The van der Waals surface area contributed by atoms with Crippen molar-refractivity contribution in [3.63, 3.8) is 0 Å². The van der Waals surface area contributed by atoms with E-state index in [-0.39, 0.29) is 6.01 Å². The number of hydrogen-bond acceptors (Lipinski definition) is 8. The summed E-state index contributed by atoms with van der Waals surface area (Å²) in [6, 6.07) is 6.78. The lowest BCUT2D eigenvalue weighted by Crippen LogP contribution is -1.99. The van der Waals surface area contributed by atoms with Gasteiger partial charge in [-0.1, -0.05) is 31.0 Å². The maximum absolute atomic E-state index is 6.45. The summed E-state index contributed by atoms with van der Waals surface area (Å²) in [5.41, 5.74) is 1.21. The Morgan fingerprint density at radius 1 is 1.03 bits per heavy atom. The third-order valence-electron chi connectivity index (χ3n) is 3.89. The molecule has 3 rings (SSSR count). The Balaban J connectivity index is 2.04. The first-order valence-corrected chi connectivity index (χ1v) is 9.53. The molecule has 0 aliphatic rings. The van der Waals surface area contributed by atoms with Gasteiger partial charge >= 0.3 is 12.0 Å². The molecule has 0 bridgehead atoms. The second kappa shape index (κ2) is 9.47. The molecule has 0 aliphatic heterocycles. The summed E-state index contributed by atoms with van der Waals surface area (Å²) in [6.45, 7) is 4.41. The molecule has 0 unspecified atom stereocenters. The second-order valence-electron chi connectivity index (χ2n) is 5.89. The Bertz CT molecular complexity index is 931. The molecule has 0 amide bonds. The molecular weight excluding hydrogens is 398 g/mol. The van der Waals surface area contributed by atoms with E-state index >= 15 is 0 Å². The number of benzene rings is 1. The van der Waals surface area contributed by atoms with Crippen LogP contribution in [0.4, 0.5) is 0 Å². The van der Waals surface area contributed by atoms with E-state index in [2.05, 4.69) is 21.9 Å². The first-order valence-electron chi connectivity index (χ1n) is 9.15.